The molecule has 10 heteroatoms. The molecule has 0 radical (unpaired) electrons. The van der Waals surface area contributed by atoms with Gasteiger partial charge in [-0.15, -0.1) is 0 Å². The number of non-ortho nitro benzene ring substituents is 1. The van der Waals surface area contributed by atoms with Crippen molar-refractivity contribution in [1.29, 1.82) is 0 Å². The van der Waals surface area contributed by atoms with Crippen molar-refractivity contribution in [2.45, 2.75) is 0 Å². The Morgan fingerprint density at radius 2 is 1.79 bits per heavy atom. The zero-order valence-corrected chi connectivity index (χ0v) is 14.6. The summed E-state index contributed by atoms with van der Waals surface area (Å²) in [6, 6.07) is 8.65. The molecule has 0 aliphatic carbocycles. The van der Waals surface area contributed by atoms with E-state index in [0.717, 1.165) is 0 Å². The smallest absolute Gasteiger partial charge is 0.311 e. The van der Waals surface area contributed by atoms with E-state index in [9.17, 15) is 25.0 Å². The average Bonchev–Trinajstić information content (AvgIpc) is 2.72. The first kappa shape index (κ1) is 18.8. The zero-order chi connectivity index (χ0) is 20.1. The number of amides is 1. The molecule has 2 heterocycles. The molecule has 28 heavy (non-hydrogen) atoms. The third-order valence-corrected chi connectivity index (χ3v) is 4.20. The highest BCUT2D eigenvalue weighted by Crippen LogP contribution is 2.25. The minimum atomic E-state index is -0.525. The Morgan fingerprint density at radius 3 is 2.46 bits per heavy atom. The summed E-state index contributed by atoms with van der Waals surface area (Å²) in [7, 11) is 0. The number of piperazine rings is 1. The van der Waals surface area contributed by atoms with Crippen LogP contribution < -0.4 is 4.90 Å². The molecule has 10 nitrogen and oxygen atoms in total. The van der Waals surface area contributed by atoms with E-state index < -0.39 is 15.8 Å². The van der Waals surface area contributed by atoms with Gasteiger partial charge in [0.15, 0.2) is 0 Å². The van der Waals surface area contributed by atoms with Gasteiger partial charge in [-0.1, -0.05) is 12.0 Å². The van der Waals surface area contributed by atoms with Gasteiger partial charge in [-0.2, -0.15) is 0 Å². The summed E-state index contributed by atoms with van der Waals surface area (Å²) < 4.78 is 0. The maximum absolute atomic E-state index is 12.3. The molecule has 1 saturated heterocycles. The molecule has 142 valence electrons. The maximum Gasteiger partial charge on any atom is 0.311 e. The van der Waals surface area contributed by atoms with Crippen LogP contribution in [0.4, 0.5) is 17.2 Å². The summed E-state index contributed by atoms with van der Waals surface area (Å²) in [6.45, 7) is 1.47. The van der Waals surface area contributed by atoms with Crippen molar-refractivity contribution in [2.75, 3.05) is 31.1 Å². The second-order valence-electron chi connectivity index (χ2n) is 5.94. The van der Waals surface area contributed by atoms with Crippen molar-refractivity contribution >= 4 is 23.1 Å². The average molecular weight is 381 g/mol. The monoisotopic (exact) mass is 381 g/mol. The third-order valence-electron chi connectivity index (χ3n) is 4.20. The van der Waals surface area contributed by atoms with Crippen LogP contribution in [0.2, 0.25) is 0 Å². The van der Waals surface area contributed by atoms with Crippen molar-refractivity contribution in [1.82, 2.24) is 9.88 Å². The molecule has 1 aromatic heterocycles. The van der Waals surface area contributed by atoms with Crippen LogP contribution in [0, 0.1) is 32.1 Å². The molecule has 3 rings (SSSR count). The van der Waals surface area contributed by atoms with Crippen LogP contribution in [0.1, 0.15) is 5.56 Å². The van der Waals surface area contributed by atoms with Crippen LogP contribution in [-0.4, -0.2) is 51.8 Å². The van der Waals surface area contributed by atoms with E-state index >= 15 is 0 Å². The number of benzene rings is 1. The molecule has 2 aromatic rings. The molecule has 0 saturated carbocycles. The van der Waals surface area contributed by atoms with Gasteiger partial charge in [0.05, 0.1) is 9.85 Å². The molecule has 0 unspecified atom stereocenters. The van der Waals surface area contributed by atoms with Gasteiger partial charge >= 0.3 is 5.69 Å². The van der Waals surface area contributed by atoms with Gasteiger partial charge in [0, 0.05) is 62.1 Å². The van der Waals surface area contributed by atoms with Gasteiger partial charge in [0.2, 0.25) is 5.82 Å². The first-order valence-electron chi connectivity index (χ1n) is 8.35. The number of nitro benzene ring substituents is 1. The first-order valence-corrected chi connectivity index (χ1v) is 8.35. The molecular weight excluding hydrogens is 366 g/mol. The molecule has 1 fully saturated rings. The number of hydrogen-bond donors (Lipinski definition) is 0. The van der Waals surface area contributed by atoms with Gasteiger partial charge in [-0.3, -0.25) is 25.0 Å². The number of rotatable bonds is 3. The van der Waals surface area contributed by atoms with Crippen molar-refractivity contribution in [3.63, 3.8) is 0 Å². The normalized spacial score (nSPS) is 13.4. The van der Waals surface area contributed by atoms with Crippen LogP contribution in [0.3, 0.4) is 0 Å². The number of hydrogen-bond acceptors (Lipinski definition) is 7. The summed E-state index contributed by atoms with van der Waals surface area (Å²) >= 11 is 0. The van der Waals surface area contributed by atoms with Gasteiger partial charge in [0.25, 0.3) is 11.6 Å². The Balaban J connectivity index is 1.65. The Morgan fingerprint density at radius 1 is 1.04 bits per heavy atom. The molecule has 0 spiro atoms. The number of carbonyl (C=O) groups excluding carboxylic acids is 1. The number of pyridine rings is 1. The lowest BCUT2D eigenvalue weighted by Crippen LogP contribution is -2.48. The second-order valence-corrected chi connectivity index (χ2v) is 5.94. The molecule has 1 aromatic carbocycles. The highest BCUT2D eigenvalue weighted by Gasteiger charge is 2.26. The summed E-state index contributed by atoms with van der Waals surface area (Å²) in [6.07, 6.45) is 1.49. The lowest BCUT2D eigenvalue weighted by atomic mass is 10.2. The molecule has 0 atom stereocenters. The van der Waals surface area contributed by atoms with Gasteiger partial charge in [-0.25, -0.2) is 4.98 Å². The van der Waals surface area contributed by atoms with Gasteiger partial charge in [-0.05, 0) is 12.1 Å². The fourth-order valence-corrected chi connectivity index (χ4v) is 2.80. The SMILES string of the molecule is O=C(C#Cc1cccc([N+](=O)[O-])c1)N1CCN(c2ncccc2[N+](=O)[O-])CC1. The predicted octanol–water partition coefficient (Wildman–Crippen LogP) is 1.60. The molecule has 1 aliphatic rings. The Labute approximate surface area is 159 Å². The van der Waals surface area contributed by atoms with E-state index in [1.165, 1.54) is 41.4 Å². The van der Waals surface area contributed by atoms with E-state index in [2.05, 4.69) is 16.8 Å². The number of carbonyl (C=O) groups is 1. The van der Waals surface area contributed by atoms with Crippen LogP contribution in [0.5, 0.6) is 0 Å². The van der Waals surface area contributed by atoms with Crippen LogP contribution in [-0.2, 0) is 4.79 Å². The Kier molecular flexibility index (Phi) is 5.45. The van der Waals surface area contributed by atoms with E-state index in [4.69, 9.17) is 0 Å². The quantitative estimate of drug-likeness (QED) is 0.449. The molecule has 1 amide bonds. The zero-order valence-electron chi connectivity index (χ0n) is 14.6. The van der Waals surface area contributed by atoms with Crippen LogP contribution in [0.15, 0.2) is 42.6 Å². The van der Waals surface area contributed by atoms with Crippen LogP contribution >= 0.6 is 0 Å². The highest BCUT2D eigenvalue weighted by molar-refractivity contribution is 5.94. The number of anilines is 1. The molecule has 1 aliphatic heterocycles. The lowest BCUT2D eigenvalue weighted by molar-refractivity contribution is -0.384. The van der Waals surface area contributed by atoms with E-state index in [1.54, 1.807) is 11.0 Å². The summed E-state index contributed by atoms with van der Waals surface area (Å²) in [5.41, 5.74) is 0.211. The van der Waals surface area contributed by atoms with Crippen molar-refractivity contribution < 1.29 is 14.6 Å². The second kappa shape index (κ2) is 8.13. The standard InChI is InChI=1S/C18H15N5O5/c24-17(7-6-14-3-1-4-15(13-14)22(25)26)20-9-11-21(12-10-20)18-16(23(27)28)5-2-8-19-18/h1-5,8,13H,9-12H2. The summed E-state index contributed by atoms with van der Waals surface area (Å²) in [4.78, 5) is 40.6. The maximum atomic E-state index is 12.3. The topological polar surface area (TPSA) is 123 Å². The number of nitrogens with zero attached hydrogens (tertiary/aromatic N) is 5. The summed E-state index contributed by atoms with van der Waals surface area (Å²) in [5.74, 6) is 5.01. The highest BCUT2D eigenvalue weighted by atomic mass is 16.6. The molecular formula is C18H15N5O5. The minimum Gasteiger partial charge on any atom is -0.347 e. The first-order chi connectivity index (χ1) is 13.5. The molecule has 0 bridgehead atoms. The largest absolute Gasteiger partial charge is 0.347 e. The van der Waals surface area contributed by atoms with E-state index in [1.807, 2.05) is 0 Å². The van der Waals surface area contributed by atoms with E-state index in [-0.39, 0.29) is 17.2 Å². The predicted molar refractivity (Wildman–Crippen MR) is 99.7 cm³/mol. The summed E-state index contributed by atoms with van der Waals surface area (Å²) in [5, 5.41) is 21.9. The van der Waals surface area contributed by atoms with Crippen molar-refractivity contribution in [2.24, 2.45) is 0 Å². The van der Waals surface area contributed by atoms with Gasteiger partial charge in [0.1, 0.15) is 0 Å². The number of aromatic nitrogens is 1. The van der Waals surface area contributed by atoms with Crippen molar-refractivity contribution in [3.05, 3.63) is 68.4 Å². The number of nitro groups is 2. The fraction of sp³-hybridized carbons (Fsp3) is 0.222. The van der Waals surface area contributed by atoms with E-state index in [0.29, 0.717) is 31.7 Å². The Bertz CT molecular complexity index is 989. The van der Waals surface area contributed by atoms with Gasteiger partial charge < -0.3 is 9.80 Å². The minimum absolute atomic E-state index is 0.0762. The molecule has 0 N–H and O–H groups in total. The Hall–Kier alpha value is -4.00. The lowest BCUT2D eigenvalue weighted by Gasteiger charge is -2.34. The third kappa shape index (κ3) is 4.21. The fourth-order valence-electron chi connectivity index (χ4n) is 2.80. The van der Waals surface area contributed by atoms with Crippen LogP contribution in [0.25, 0.3) is 0 Å². The van der Waals surface area contributed by atoms with Crippen molar-refractivity contribution in [3.8, 4) is 11.8 Å².